The van der Waals surface area contributed by atoms with E-state index in [0.29, 0.717) is 11.3 Å². The number of hydrogen-bond donors (Lipinski definition) is 0. The molecule has 0 N–H and O–H groups in total. The van der Waals surface area contributed by atoms with Crippen LogP contribution in [0, 0.1) is 17.9 Å². The molecule has 2 heterocycles. The first kappa shape index (κ1) is 23.8. The normalized spacial score (nSPS) is 11.3. The van der Waals surface area contributed by atoms with Crippen LogP contribution in [0.5, 0.6) is 0 Å². The molecule has 42 heavy (non-hydrogen) atoms. The molecule has 0 atom stereocenters. The van der Waals surface area contributed by atoms with Crippen molar-refractivity contribution < 1.29 is 0 Å². The fourth-order valence-corrected chi connectivity index (χ4v) is 6.30. The van der Waals surface area contributed by atoms with E-state index < -0.39 is 0 Å². The fourth-order valence-electron chi connectivity index (χ4n) is 6.30. The molecule has 0 aliphatic heterocycles. The molecule has 4 nitrogen and oxygen atoms in total. The maximum atomic E-state index is 9.15. The third kappa shape index (κ3) is 3.47. The Balaban J connectivity index is 1.38. The van der Waals surface area contributed by atoms with Gasteiger partial charge >= 0.3 is 0 Å². The highest BCUT2D eigenvalue weighted by molar-refractivity contribution is 6.16. The van der Waals surface area contributed by atoms with Crippen molar-refractivity contribution in [2.75, 3.05) is 0 Å². The van der Waals surface area contributed by atoms with Crippen LogP contribution in [0.3, 0.4) is 0 Å². The van der Waals surface area contributed by atoms with Gasteiger partial charge in [-0.3, -0.25) is 0 Å². The summed E-state index contributed by atoms with van der Waals surface area (Å²) in [6.45, 7) is 7.56. The lowest BCUT2D eigenvalue weighted by molar-refractivity contribution is 1.17. The van der Waals surface area contributed by atoms with Gasteiger partial charge in [0.2, 0.25) is 0 Å². The Hall–Kier alpha value is -6.10. The van der Waals surface area contributed by atoms with Gasteiger partial charge in [0, 0.05) is 21.8 Å². The van der Waals surface area contributed by atoms with Crippen LogP contribution < -0.4 is 0 Å². The van der Waals surface area contributed by atoms with Crippen LogP contribution in [0.25, 0.3) is 71.0 Å². The van der Waals surface area contributed by atoms with Crippen LogP contribution in [-0.4, -0.2) is 9.13 Å². The molecule has 0 radical (unpaired) electrons. The average molecular weight is 535 g/mol. The maximum Gasteiger partial charge on any atom is 0.188 e. The third-order valence-corrected chi connectivity index (χ3v) is 8.17. The molecule has 0 bridgehead atoms. The summed E-state index contributed by atoms with van der Waals surface area (Å²) in [5, 5.41) is 13.7. The largest absolute Gasteiger partial charge is 0.309 e. The van der Waals surface area contributed by atoms with Crippen molar-refractivity contribution in [3.8, 4) is 28.6 Å². The van der Waals surface area contributed by atoms with Crippen LogP contribution in [-0.2, 0) is 0 Å². The van der Waals surface area contributed by atoms with Crippen molar-refractivity contribution in [3.05, 3.63) is 150 Å². The van der Waals surface area contributed by atoms with Gasteiger partial charge in [-0.2, -0.15) is 5.26 Å². The van der Waals surface area contributed by atoms with Crippen molar-refractivity contribution in [1.29, 1.82) is 5.26 Å². The maximum absolute atomic E-state index is 9.15. The summed E-state index contributed by atoms with van der Waals surface area (Å²) in [7, 11) is 0. The highest BCUT2D eigenvalue weighted by Crippen LogP contribution is 2.40. The van der Waals surface area contributed by atoms with E-state index >= 15 is 0 Å². The average Bonchev–Trinajstić information content (AvgIpc) is 3.57. The summed E-state index contributed by atoms with van der Waals surface area (Å²) in [5.74, 6) is 0. The molecular weight excluding hydrogens is 512 g/mol. The Bertz CT molecular complexity index is 2410. The fraction of sp³-hybridized carbons (Fsp3) is 0. The lowest BCUT2D eigenvalue weighted by Gasteiger charge is -2.12. The molecule has 0 fully saturated rings. The van der Waals surface area contributed by atoms with Crippen LogP contribution in [0.1, 0.15) is 5.56 Å². The molecule has 6 aromatic carbocycles. The molecule has 8 rings (SSSR count). The van der Waals surface area contributed by atoms with Crippen LogP contribution in [0.2, 0.25) is 0 Å². The Morgan fingerprint density at radius 3 is 1.88 bits per heavy atom. The topological polar surface area (TPSA) is 38.0 Å². The number of nitriles is 1. The number of aromatic nitrogens is 2. The number of nitrogens with zero attached hydrogens (tertiary/aromatic N) is 4. The van der Waals surface area contributed by atoms with Crippen molar-refractivity contribution >= 4 is 49.3 Å². The van der Waals surface area contributed by atoms with Crippen molar-refractivity contribution in [1.82, 2.24) is 9.13 Å². The first-order chi connectivity index (χ1) is 20.7. The van der Waals surface area contributed by atoms with Gasteiger partial charge in [-0.25, -0.2) is 4.85 Å². The molecule has 0 saturated carbocycles. The van der Waals surface area contributed by atoms with E-state index in [1.54, 1.807) is 0 Å². The number of benzene rings is 6. The minimum Gasteiger partial charge on any atom is -0.309 e. The van der Waals surface area contributed by atoms with Gasteiger partial charge in [0.25, 0.3) is 0 Å². The minimum absolute atomic E-state index is 0.643. The van der Waals surface area contributed by atoms with E-state index in [1.165, 1.54) is 10.8 Å². The van der Waals surface area contributed by atoms with E-state index in [0.717, 1.165) is 55.3 Å². The first-order valence-electron chi connectivity index (χ1n) is 13.8. The monoisotopic (exact) mass is 534 g/mol. The SMILES string of the molecule is [C-]#[N+]c1ccc2c(c1)c1ccccc1n2-c1cccc2c1c1ccccc1n2-c1ccc(-c2ccc(C#N)cc2)cc1. The molecule has 194 valence electrons. The summed E-state index contributed by atoms with van der Waals surface area (Å²) in [4.78, 5) is 3.70. The van der Waals surface area contributed by atoms with Gasteiger partial charge < -0.3 is 9.13 Å². The summed E-state index contributed by atoms with van der Waals surface area (Å²) < 4.78 is 4.67. The van der Waals surface area contributed by atoms with E-state index in [-0.39, 0.29) is 0 Å². The molecule has 0 amide bonds. The number of fused-ring (bicyclic) bond motifs is 6. The van der Waals surface area contributed by atoms with Gasteiger partial charge in [-0.05, 0) is 77.2 Å². The predicted octanol–water partition coefficient (Wildman–Crippen LogP) is 9.97. The number of rotatable bonds is 3. The smallest absolute Gasteiger partial charge is 0.188 e. The summed E-state index contributed by atoms with van der Waals surface area (Å²) in [6.07, 6.45) is 0. The summed E-state index contributed by atoms with van der Waals surface area (Å²) in [5.41, 5.74) is 10.1. The zero-order valence-corrected chi connectivity index (χ0v) is 22.5. The molecule has 0 aliphatic rings. The lowest BCUT2D eigenvalue weighted by Crippen LogP contribution is -1.96. The molecular formula is C38H22N4. The highest BCUT2D eigenvalue weighted by atomic mass is 15.0. The van der Waals surface area contributed by atoms with Crippen molar-refractivity contribution in [2.45, 2.75) is 0 Å². The quantitative estimate of drug-likeness (QED) is 0.208. The molecule has 8 aromatic rings. The van der Waals surface area contributed by atoms with Crippen LogP contribution in [0.4, 0.5) is 5.69 Å². The van der Waals surface area contributed by atoms with Gasteiger partial charge in [0.05, 0.1) is 46.0 Å². The third-order valence-electron chi connectivity index (χ3n) is 8.17. The zero-order valence-electron chi connectivity index (χ0n) is 22.5. The summed E-state index contributed by atoms with van der Waals surface area (Å²) >= 11 is 0. The Morgan fingerprint density at radius 1 is 0.548 bits per heavy atom. The predicted molar refractivity (Wildman–Crippen MR) is 172 cm³/mol. The molecule has 0 aliphatic carbocycles. The van der Waals surface area contributed by atoms with E-state index in [2.05, 4.69) is 117 Å². The van der Waals surface area contributed by atoms with E-state index in [1.807, 2.05) is 36.4 Å². The van der Waals surface area contributed by atoms with Crippen LogP contribution in [0.15, 0.2) is 133 Å². The Labute approximate surface area is 242 Å². The Morgan fingerprint density at radius 2 is 1.17 bits per heavy atom. The minimum atomic E-state index is 0.643. The lowest BCUT2D eigenvalue weighted by atomic mass is 10.0. The zero-order chi connectivity index (χ0) is 28.2. The second-order valence-corrected chi connectivity index (χ2v) is 10.4. The van der Waals surface area contributed by atoms with Gasteiger partial charge in [0.15, 0.2) is 5.69 Å². The number of para-hydroxylation sites is 2. The number of hydrogen-bond acceptors (Lipinski definition) is 1. The standard InChI is InChI=1S/C38H22N4/c1-40-28-19-22-35-32(23-28)30-7-2-4-9-33(30)42(35)37-12-6-11-36-38(37)31-8-3-5-10-34(31)41(36)29-20-17-27(18-21-29)26-15-13-25(24-39)14-16-26/h2-23H. The molecule has 2 aromatic heterocycles. The van der Waals surface area contributed by atoms with Crippen molar-refractivity contribution in [3.63, 3.8) is 0 Å². The van der Waals surface area contributed by atoms with Gasteiger partial charge in [-0.1, -0.05) is 72.8 Å². The van der Waals surface area contributed by atoms with E-state index in [9.17, 15) is 0 Å². The second kappa shape index (κ2) is 9.24. The highest BCUT2D eigenvalue weighted by Gasteiger charge is 2.19. The Kier molecular flexibility index (Phi) is 5.22. The molecule has 0 saturated heterocycles. The van der Waals surface area contributed by atoms with Crippen LogP contribution >= 0.6 is 0 Å². The second-order valence-electron chi connectivity index (χ2n) is 10.4. The van der Waals surface area contributed by atoms with Crippen molar-refractivity contribution in [2.24, 2.45) is 0 Å². The molecule has 0 spiro atoms. The van der Waals surface area contributed by atoms with Gasteiger partial charge in [0.1, 0.15) is 0 Å². The molecule has 4 heteroatoms. The van der Waals surface area contributed by atoms with Gasteiger partial charge in [-0.15, -0.1) is 0 Å². The first-order valence-corrected chi connectivity index (χ1v) is 13.8. The molecule has 0 unspecified atom stereocenters. The summed E-state index contributed by atoms with van der Waals surface area (Å²) in [6, 6.07) is 48.0. The van der Waals surface area contributed by atoms with E-state index in [4.69, 9.17) is 11.8 Å².